The van der Waals surface area contributed by atoms with E-state index in [2.05, 4.69) is 0 Å². The molecule has 0 unspecified atom stereocenters. The van der Waals surface area contributed by atoms with Crippen molar-refractivity contribution in [2.24, 2.45) is 0 Å². The van der Waals surface area contributed by atoms with Gasteiger partial charge < -0.3 is 0 Å². The van der Waals surface area contributed by atoms with Gasteiger partial charge in [0.25, 0.3) is 10.0 Å². The zero-order valence-corrected chi connectivity index (χ0v) is 12.8. The smallest absolute Gasteiger partial charge is 0.298 e. The van der Waals surface area contributed by atoms with Crippen LogP contribution in [0.25, 0.3) is 10.9 Å². The number of fused-ring (bicyclic) bond motifs is 1. The zero-order chi connectivity index (χ0) is 17.5. The summed E-state index contributed by atoms with van der Waals surface area (Å²) < 4.78 is 65.4. The molecule has 0 aliphatic heterocycles. The topological polar surface area (TPSA) is 56.1 Å². The number of hydrogen-bond acceptors (Lipinski definition) is 3. The van der Waals surface area contributed by atoms with E-state index in [0.29, 0.717) is 6.07 Å². The fourth-order valence-corrected chi connectivity index (χ4v) is 3.80. The first-order valence-corrected chi connectivity index (χ1v) is 8.17. The van der Waals surface area contributed by atoms with Crippen LogP contribution in [0.5, 0.6) is 0 Å². The number of aromatic nitrogens is 1. The van der Waals surface area contributed by atoms with Gasteiger partial charge in [-0.05, 0) is 30.3 Å². The molecule has 0 N–H and O–H groups in total. The van der Waals surface area contributed by atoms with Crippen molar-refractivity contribution in [3.63, 3.8) is 0 Å². The molecule has 4 nitrogen and oxygen atoms in total. The zero-order valence-electron chi connectivity index (χ0n) is 12.0. The van der Waals surface area contributed by atoms with Crippen LogP contribution in [0.1, 0.15) is 15.9 Å². The minimum atomic E-state index is -4.77. The standard InChI is InChI=1S/C16H10F3NO3S/c17-16(18,19)14-9-15-11(8-12(14)10-21)6-7-20(15)24(22,23)13-4-2-1-3-5-13/h1-10H. The molecule has 24 heavy (non-hydrogen) atoms. The predicted octanol–water partition coefficient (Wildman–Crippen LogP) is 3.71. The van der Waals surface area contributed by atoms with Crippen molar-refractivity contribution in [3.8, 4) is 0 Å². The lowest BCUT2D eigenvalue weighted by Gasteiger charge is -2.12. The summed E-state index contributed by atoms with van der Waals surface area (Å²) >= 11 is 0. The summed E-state index contributed by atoms with van der Waals surface area (Å²) in [6, 6.07) is 10.4. The Labute approximate surface area is 135 Å². The maximum Gasteiger partial charge on any atom is 0.417 e. The number of alkyl halides is 3. The average molecular weight is 353 g/mol. The van der Waals surface area contributed by atoms with Crippen molar-refractivity contribution in [1.82, 2.24) is 3.97 Å². The summed E-state index contributed by atoms with van der Waals surface area (Å²) in [6.45, 7) is 0. The summed E-state index contributed by atoms with van der Waals surface area (Å²) in [7, 11) is -4.04. The van der Waals surface area contributed by atoms with Crippen LogP contribution >= 0.6 is 0 Å². The van der Waals surface area contributed by atoms with Gasteiger partial charge >= 0.3 is 6.18 Å². The summed E-state index contributed by atoms with van der Waals surface area (Å²) in [5, 5.41) is 0.226. The molecule has 0 spiro atoms. The van der Waals surface area contributed by atoms with Crippen LogP contribution in [0, 0.1) is 0 Å². The molecule has 0 atom stereocenters. The van der Waals surface area contributed by atoms with E-state index >= 15 is 0 Å². The van der Waals surface area contributed by atoms with Gasteiger partial charge in [-0.2, -0.15) is 13.2 Å². The molecular weight excluding hydrogens is 343 g/mol. The van der Waals surface area contributed by atoms with Gasteiger partial charge in [0.2, 0.25) is 0 Å². The largest absolute Gasteiger partial charge is 0.417 e. The van der Waals surface area contributed by atoms with Crippen molar-refractivity contribution in [2.75, 3.05) is 0 Å². The minimum Gasteiger partial charge on any atom is -0.298 e. The molecule has 0 saturated carbocycles. The van der Waals surface area contributed by atoms with Crippen LogP contribution < -0.4 is 0 Å². The Balaban J connectivity index is 2.30. The summed E-state index contributed by atoms with van der Waals surface area (Å²) in [5.74, 6) is 0. The number of carbonyl (C=O) groups is 1. The molecule has 0 radical (unpaired) electrons. The lowest BCUT2D eigenvalue weighted by molar-refractivity contribution is -0.137. The van der Waals surface area contributed by atoms with Gasteiger partial charge in [0.1, 0.15) is 0 Å². The molecule has 3 rings (SSSR count). The van der Waals surface area contributed by atoms with Crippen molar-refractivity contribution in [1.29, 1.82) is 0 Å². The second-order valence-electron chi connectivity index (χ2n) is 5.04. The fourth-order valence-electron chi connectivity index (χ4n) is 2.43. The monoisotopic (exact) mass is 353 g/mol. The van der Waals surface area contributed by atoms with Crippen molar-refractivity contribution < 1.29 is 26.4 Å². The number of hydrogen-bond donors (Lipinski definition) is 0. The Morgan fingerprint density at radius 2 is 1.67 bits per heavy atom. The third-order valence-electron chi connectivity index (χ3n) is 3.56. The highest BCUT2D eigenvalue weighted by Gasteiger charge is 2.34. The Hall–Kier alpha value is -2.61. The first-order chi connectivity index (χ1) is 11.2. The van der Waals surface area contributed by atoms with E-state index in [4.69, 9.17) is 0 Å². The average Bonchev–Trinajstić information content (AvgIpc) is 2.97. The summed E-state index contributed by atoms with van der Waals surface area (Å²) in [5.41, 5.74) is -1.85. The minimum absolute atomic E-state index is 0.0458. The lowest BCUT2D eigenvalue weighted by atomic mass is 10.1. The third kappa shape index (κ3) is 2.58. The van der Waals surface area contributed by atoms with Crippen LogP contribution in [0.3, 0.4) is 0 Å². The summed E-state index contributed by atoms with van der Waals surface area (Å²) in [4.78, 5) is 10.9. The lowest BCUT2D eigenvalue weighted by Crippen LogP contribution is -2.13. The molecule has 1 aromatic heterocycles. The highest BCUT2D eigenvalue weighted by molar-refractivity contribution is 7.90. The van der Waals surface area contributed by atoms with Crippen molar-refractivity contribution in [2.45, 2.75) is 11.1 Å². The molecule has 0 aliphatic rings. The van der Waals surface area contributed by atoms with Gasteiger partial charge in [-0.1, -0.05) is 18.2 Å². The van der Waals surface area contributed by atoms with E-state index in [-0.39, 0.29) is 22.1 Å². The van der Waals surface area contributed by atoms with Crippen LogP contribution in [0.2, 0.25) is 0 Å². The van der Waals surface area contributed by atoms with Gasteiger partial charge in [0, 0.05) is 17.1 Å². The Bertz CT molecular complexity index is 1020. The summed E-state index contributed by atoms with van der Waals surface area (Å²) in [6.07, 6.45) is -3.50. The van der Waals surface area contributed by atoms with E-state index in [9.17, 15) is 26.4 Å². The van der Waals surface area contributed by atoms with Gasteiger partial charge in [-0.3, -0.25) is 4.79 Å². The van der Waals surface area contributed by atoms with Crippen LogP contribution in [-0.4, -0.2) is 18.7 Å². The molecule has 2 aromatic carbocycles. The molecule has 0 fully saturated rings. The number of benzene rings is 2. The number of halogens is 3. The SMILES string of the molecule is O=Cc1cc2ccn(S(=O)(=O)c3ccccc3)c2cc1C(F)(F)F. The molecule has 0 saturated heterocycles. The second kappa shape index (κ2) is 5.48. The van der Waals surface area contributed by atoms with Crippen molar-refractivity contribution >= 4 is 27.2 Å². The van der Waals surface area contributed by atoms with E-state index in [0.717, 1.165) is 10.0 Å². The fraction of sp³-hybridized carbons (Fsp3) is 0.0625. The molecule has 1 heterocycles. The molecule has 124 valence electrons. The highest BCUT2D eigenvalue weighted by atomic mass is 32.2. The normalized spacial score (nSPS) is 12.5. The molecule has 0 bridgehead atoms. The van der Waals surface area contributed by atoms with E-state index < -0.39 is 27.3 Å². The van der Waals surface area contributed by atoms with Gasteiger partial charge in [-0.25, -0.2) is 12.4 Å². The number of carbonyl (C=O) groups excluding carboxylic acids is 1. The van der Waals surface area contributed by atoms with E-state index in [1.807, 2.05) is 0 Å². The van der Waals surface area contributed by atoms with Crippen LogP contribution in [0.4, 0.5) is 13.2 Å². The van der Waals surface area contributed by atoms with E-state index in [1.54, 1.807) is 6.07 Å². The molecule has 3 aromatic rings. The highest BCUT2D eigenvalue weighted by Crippen LogP contribution is 2.35. The molecular formula is C16H10F3NO3S. The maximum absolute atomic E-state index is 13.1. The Morgan fingerprint density at radius 3 is 2.25 bits per heavy atom. The van der Waals surface area contributed by atoms with Crippen LogP contribution in [-0.2, 0) is 16.2 Å². The maximum atomic E-state index is 13.1. The number of aldehydes is 1. The quantitative estimate of drug-likeness (QED) is 0.675. The molecule has 8 heteroatoms. The molecule has 0 amide bonds. The Kier molecular flexibility index (Phi) is 3.71. The van der Waals surface area contributed by atoms with E-state index in [1.165, 1.54) is 36.5 Å². The number of rotatable bonds is 3. The first-order valence-electron chi connectivity index (χ1n) is 6.73. The van der Waals surface area contributed by atoms with Crippen molar-refractivity contribution in [3.05, 3.63) is 65.9 Å². The van der Waals surface area contributed by atoms with Gasteiger partial charge in [0.05, 0.1) is 16.0 Å². The number of nitrogens with zero attached hydrogens (tertiary/aromatic N) is 1. The van der Waals surface area contributed by atoms with Gasteiger partial charge in [-0.15, -0.1) is 0 Å². The third-order valence-corrected chi connectivity index (χ3v) is 5.26. The second-order valence-corrected chi connectivity index (χ2v) is 6.86. The molecule has 0 aliphatic carbocycles. The Morgan fingerprint density at radius 1 is 1.00 bits per heavy atom. The van der Waals surface area contributed by atoms with Gasteiger partial charge in [0.15, 0.2) is 6.29 Å². The van der Waals surface area contributed by atoms with Crippen LogP contribution in [0.15, 0.2) is 59.6 Å². The first kappa shape index (κ1) is 16.3. The predicted molar refractivity (Wildman–Crippen MR) is 81.4 cm³/mol.